The van der Waals surface area contributed by atoms with Gasteiger partial charge in [0.1, 0.15) is 5.82 Å². The molecule has 1 fully saturated rings. The van der Waals surface area contributed by atoms with Crippen LogP contribution in [0.5, 0.6) is 0 Å². The molecule has 0 bridgehead atoms. The van der Waals surface area contributed by atoms with Crippen molar-refractivity contribution in [2.75, 3.05) is 13.1 Å². The van der Waals surface area contributed by atoms with Crippen LogP contribution in [0.3, 0.4) is 0 Å². The highest BCUT2D eigenvalue weighted by Crippen LogP contribution is 2.28. The Morgan fingerprint density at radius 1 is 1.52 bits per heavy atom. The highest BCUT2D eigenvalue weighted by molar-refractivity contribution is 5.77. The van der Waals surface area contributed by atoms with E-state index in [4.69, 9.17) is 10.3 Å². The summed E-state index contributed by atoms with van der Waals surface area (Å²) in [6.45, 7) is 4.99. The highest BCUT2D eigenvalue weighted by atomic mass is 19.1. The van der Waals surface area contributed by atoms with Gasteiger partial charge >= 0.3 is 0 Å². The zero-order valence-corrected chi connectivity index (χ0v) is 13.1. The van der Waals surface area contributed by atoms with Gasteiger partial charge in [0.15, 0.2) is 0 Å². The van der Waals surface area contributed by atoms with E-state index in [1.807, 2.05) is 6.92 Å². The topological polar surface area (TPSA) is 85.3 Å². The maximum Gasteiger partial charge on any atom is 0.244 e. The van der Waals surface area contributed by atoms with Crippen molar-refractivity contribution in [1.82, 2.24) is 15.0 Å². The van der Waals surface area contributed by atoms with E-state index in [2.05, 4.69) is 15.0 Å². The Balaban J connectivity index is 1.76. The maximum atomic E-state index is 13.7. The average molecular weight is 318 g/mol. The van der Waals surface area contributed by atoms with Crippen molar-refractivity contribution in [3.63, 3.8) is 0 Å². The molecule has 2 aromatic rings. The summed E-state index contributed by atoms with van der Waals surface area (Å²) in [5, 5.41) is 3.93. The number of carbonyl (C=O) groups is 1. The van der Waals surface area contributed by atoms with E-state index in [0.717, 1.165) is 13.0 Å². The Bertz CT molecular complexity index is 731. The molecule has 2 heterocycles. The van der Waals surface area contributed by atoms with Crippen molar-refractivity contribution >= 4 is 5.91 Å². The lowest BCUT2D eigenvalue weighted by Gasteiger charge is -2.20. The van der Waals surface area contributed by atoms with E-state index >= 15 is 0 Å². The van der Waals surface area contributed by atoms with Crippen LogP contribution < -0.4 is 5.73 Å². The van der Waals surface area contributed by atoms with Gasteiger partial charge in [-0.05, 0) is 38.4 Å². The lowest BCUT2D eigenvalue weighted by Crippen LogP contribution is -2.29. The average Bonchev–Trinajstić information content (AvgIpc) is 3.18. The summed E-state index contributed by atoms with van der Waals surface area (Å²) >= 11 is 0. The first-order valence-corrected chi connectivity index (χ1v) is 7.59. The van der Waals surface area contributed by atoms with Crippen molar-refractivity contribution in [3.8, 4) is 11.4 Å². The molecule has 1 aromatic heterocycles. The van der Waals surface area contributed by atoms with E-state index in [9.17, 15) is 9.18 Å². The second-order valence-corrected chi connectivity index (χ2v) is 5.98. The van der Waals surface area contributed by atoms with Gasteiger partial charge in [0.05, 0.1) is 12.0 Å². The molecule has 7 heteroatoms. The summed E-state index contributed by atoms with van der Waals surface area (Å²) in [5.41, 5.74) is 6.50. The fourth-order valence-corrected chi connectivity index (χ4v) is 2.78. The van der Waals surface area contributed by atoms with Crippen molar-refractivity contribution in [1.29, 1.82) is 0 Å². The zero-order valence-electron chi connectivity index (χ0n) is 13.1. The van der Waals surface area contributed by atoms with Crippen LogP contribution in [0.25, 0.3) is 11.4 Å². The van der Waals surface area contributed by atoms with Gasteiger partial charge in [0.2, 0.25) is 17.6 Å². The summed E-state index contributed by atoms with van der Waals surface area (Å²) in [6, 6.07) is 4.72. The normalized spacial score (nSPS) is 19.9. The summed E-state index contributed by atoms with van der Waals surface area (Å²) in [6.07, 6.45) is 0.740. The molecule has 0 spiro atoms. The quantitative estimate of drug-likeness (QED) is 0.932. The summed E-state index contributed by atoms with van der Waals surface area (Å²) in [4.78, 5) is 17.7. The second-order valence-electron chi connectivity index (χ2n) is 5.98. The largest absolute Gasteiger partial charge is 0.369 e. The van der Waals surface area contributed by atoms with Crippen molar-refractivity contribution < 1.29 is 13.7 Å². The number of rotatable bonds is 4. The van der Waals surface area contributed by atoms with E-state index in [1.54, 1.807) is 19.1 Å². The van der Waals surface area contributed by atoms with Crippen LogP contribution in [0.2, 0.25) is 0 Å². The first-order chi connectivity index (χ1) is 11.0. The van der Waals surface area contributed by atoms with Crippen LogP contribution in [-0.2, 0) is 4.79 Å². The van der Waals surface area contributed by atoms with E-state index in [-0.39, 0.29) is 23.7 Å². The third-order valence-corrected chi connectivity index (χ3v) is 4.40. The number of hydrogen-bond acceptors (Lipinski definition) is 5. The summed E-state index contributed by atoms with van der Waals surface area (Å²) in [7, 11) is 0. The zero-order chi connectivity index (χ0) is 16.6. The molecule has 3 rings (SSSR count). The first-order valence-electron chi connectivity index (χ1n) is 7.59. The molecule has 6 nitrogen and oxygen atoms in total. The minimum absolute atomic E-state index is 0.115. The number of aromatic nitrogens is 2. The predicted molar refractivity (Wildman–Crippen MR) is 81.7 cm³/mol. The molecule has 1 aliphatic rings. The number of nitrogens with two attached hydrogens (primary N) is 1. The molecular weight excluding hydrogens is 299 g/mol. The highest BCUT2D eigenvalue weighted by Gasteiger charge is 2.32. The monoisotopic (exact) mass is 318 g/mol. The summed E-state index contributed by atoms with van der Waals surface area (Å²) in [5.74, 6) is 0.0975. The number of primary amides is 1. The molecule has 0 aliphatic carbocycles. The SMILES string of the molecule is Cc1ccc(-c2noc(C(C)N3CCC(C(N)=O)C3)n2)cc1F. The molecule has 0 saturated carbocycles. The Morgan fingerprint density at radius 3 is 2.96 bits per heavy atom. The van der Waals surface area contributed by atoms with E-state index < -0.39 is 0 Å². The van der Waals surface area contributed by atoms with Gasteiger partial charge in [-0.2, -0.15) is 4.98 Å². The Labute approximate surface area is 133 Å². The van der Waals surface area contributed by atoms with Gasteiger partial charge in [-0.1, -0.05) is 17.3 Å². The molecular formula is C16H19FN4O2. The number of aryl methyl sites for hydroxylation is 1. The smallest absolute Gasteiger partial charge is 0.244 e. The van der Waals surface area contributed by atoms with Crippen molar-refractivity contribution in [3.05, 3.63) is 35.5 Å². The number of carbonyl (C=O) groups excluding carboxylic acids is 1. The van der Waals surface area contributed by atoms with Gasteiger partial charge in [-0.3, -0.25) is 9.69 Å². The molecule has 122 valence electrons. The van der Waals surface area contributed by atoms with Gasteiger partial charge < -0.3 is 10.3 Å². The number of halogens is 1. The lowest BCUT2D eigenvalue weighted by atomic mass is 10.1. The van der Waals surface area contributed by atoms with E-state index in [1.165, 1.54) is 6.07 Å². The lowest BCUT2D eigenvalue weighted by molar-refractivity contribution is -0.121. The Morgan fingerprint density at radius 2 is 2.30 bits per heavy atom. The van der Waals surface area contributed by atoms with Gasteiger partial charge in [0, 0.05) is 12.1 Å². The van der Waals surface area contributed by atoms with Gasteiger partial charge in [-0.25, -0.2) is 4.39 Å². The molecule has 1 amide bonds. The molecule has 1 aromatic carbocycles. The molecule has 2 atom stereocenters. The number of hydrogen-bond donors (Lipinski definition) is 1. The fraction of sp³-hybridized carbons (Fsp3) is 0.438. The molecule has 0 radical (unpaired) electrons. The minimum atomic E-state index is -0.300. The second kappa shape index (κ2) is 6.08. The van der Waals surface area contributed by atoms with Crippen molar-refractivity contribution in [2.45, 2.75) is 26.3 Å². The van der Waals surface area contributed by atoms with Gasteiger partial charge in [0.25, 0.3) is 0 Å². The number of likely N-dealkylation sites (tertiary alicyclic amines) is 1. The maximum absolute atomic E-state index is 13.7. The molecule has 2 unspecified atom stereocenters. The molecule has 23 heavy (non-hydrogen) atoms. The summed E-state index contributed by atoms with van der Waals surface area (Å²) < 4.78 is 19.0. The van der Waals surface area contributed by atoms with Crippen LogP contribution in [0.4, 0.5) is 4.39 Å². The standard InChI is InChI=1S/C16H19FN4O2/c1-9-3-4-11(7-13(9)17)15-19-16(23-20-15)10(2)21-6-5-12(8-21)14(18)22/h3-4,7,10,12H,5-6,8H2,1-2H3,(H2,18,22). The predicted octanol–water partition coefficient (Wildman–Crippen LogP) is 2.05. The fourth-order valence-electron chi connectivity index (χ4n) is 2.78. The van der Waals surface area contributed by atoms with Crippen LogP contribution in [0, 0.1) is 18.7 Å². The molecule has 1 aliphatic heterocycles. The van der Waals surface area contributed by atoms with Gasteiger partial charge in [-0.15, -0.1) is 0 Å². The first kappa shape index (κ1) is 15.6. The van der Waals surface area contributed by atoms with Crippen LogP contribution >= 0.6 is 0 Å². The number of amides is 1. The Hall–Kier alpha value is -2.28. The Kier molecular flexibility index (Phi) is 4.12. The van der Waals surface area contributed by atoms with E-state index in [0.29, 0.717) is 29.4 Å². The third kappa shape index (κ3) is 3.10. The number of benzene rings is 1. The van der Waals surface area contributed by atoms with Crippen molar-refractivity contribution in [2.24, 2.45) is 11.7 Å². The third-order valence-electron chi connectivity index (χ3n) is 4.40. The minimum Gasteiger partial charge on any atom is -0.369 e. The number of nitrogens with zero attached hydrogens (tertiary/aromatic N) is 3. The van der Waals surface area contributed by atoms with Crippen LogP contribution in [0.1, 0.15) is 30.8 Å². The van der Waals surface area contributed by atoms with Crippen LogP contribution in [0.15, 0.2) is 22.7 Å². The molecule has 1 saturated heterocycles. The molecule has 2 N–H and O–H groups in total. The van der Waals surface area contributed by atoms with Crippen LogP contribution in [-0.4, -0.2) is 34.0 Å².